The Morgan fingerprint density at radius 1 is 1.09 bits per heavy atom. The van der Waals surface area contributed by atoms with Crippen molar-refractivity contribution < 1.29 is 9.59 Å². The van der Waals surface area contributed by atoms with Crippen LogP contribution in [0.15, 0.2) is 54.6 Å². The molecule has 5 nitrogen and oxygen atoms in total. The number of rotatable bonds is 2. The van der Waals surface area contributed by atoms with Crippen molar-refractivity contribution in [2.45, 2.75) is 18.9 Å². The summed E-state index contributed by atoms with van der Waals surface area (Å²) in [6.07, 6.45) is 0.347. The van der Waals surface area contributed by atoms with E-state index in [-0.39, 0.29) is 11.7 Å². The number of carbonyl (C=O) groups is 2. The van der Waals surface area contributed by atoms with Gasteiger partial charge in [-0.15, -0.1) is 0 Å². The molecule has 0 fully saturated rings. The highest BCUT2D eigenvalue weighted by Gasteiger charge is 2.36. The van der Waals surface area contributed by atoms with Crippen LogP contribution in [0.4, 0.5) is 5.69 Å². The summed E-state index contributed by atoms with van der Waals surface area (Å²) >= 11 is 0. The van der Waals surface area contributed by atoms with Crippen molar-refractivity contribution in [3.63, 3.8) is 0 Å². The molecule has 1 aliphatic rings. The molecule has 1 aromatic heterocycles. The third kappa shape index (κ3) is 2.30. The van der Waals surface area contributed by atoms with Gasteiger partial charge in [-0.1, -0.05) is 30.3 Å². The number of carbonyl (C=O) groups excluding carboxylic acids is 2. The van der Waals surface area contributed by atoms with Gasteiger partial charge in [-0.3, -0.25) is 9.59 Å². The van der Waals surface area contributed by atoms with Crippen LogP contribution in [0.25, 0.3) is 11.0 Å². The first-order valence-corrected chi connectivity index (χ1v) is 7.58. The minimum Gasteiger partial charge on any atom is -0.326 e. The second-order valence-corrected chi connectivity index (χ2v) is 5.61. The molecular formula is C18H15N3O2. The second-order valence-electron chi connectivity index (χ2n) is 5.61. The molecule has 0 spiro atoms. The van der Waals surface area contributed by atoms with Crippen LogP contribution >= 0.6 is 0 Å². The summed E-state index contributed by atoms with van der Waals surface area (Å²) in [5.74, 6) is -0.717. The van der Waals surface area contributed by atoms with Crippen molar-refractivity contribution in [1.29, 1.82) is 0 Å². The van der Waals surface area contributed by atoms with Gasteiger partial charge in [0.2, 0.25) is 5.91 Å². The molecule has 1 N–H and O–H groups in total. The van der Waals surface area contributed by atoms with E-state index in [2.05, 4.69) is 10.3 Å². The quantitative estimate of drug-likeness (QED) is 0.740. The number of hydrogen-bond acceptors (Lipinski definition) is 3. The minimum atomic E-state index is -0.851. The monoisotopic (exact) mass is 305 g/mol. The number of aryl methyl sites for hydroxylation is 1. The summed E-state index contributed by atoms with van der Waals surface area (Å²) in [6, 6.07) is 16.9. The van der Waals surface area contributed by atoms with E-state index >= 15 is 0 Å². The summed E-state index contributed by atoms with van der Waals surface area (Å²) in [7, 11) is 0. The molecule has 1 aliphatic heterocycles. The summed E-state index contributed by atoms with van der Waals surface area (Å²) < 4.78 is 1.98. The van der Waals surface area contributed by atoms with Crippen LogP contribution in [0.1, 0.15) is 18.2 Å². The first kappa shape index (κ1) is 13.7. The van der Waals surface area contributed by atoms with Crippen molar-refractivity contribution in [3.05, 3.63) is 60.4 Å². The predicted octanol–water partition coefficient (Wildman–Crippen LogP) is 2.73. The summed E-state index contributed by atoms with van der Waals surface area (Å²) in [5, 5.41) is 2.81. The van der Waals surface area contributed by atoms with Gasteiger partial charge in [-0.05, 0) is 24.3 Å². The van der Waals surface area contributed by atoms with Crippen molar-refractivity contribution in [1.82, 2.24) is 9.55 Å². The number of nitrogens with zero attached hydrogens (tertiary/aromatic N) is 2. The van der Waals surface area contributed by atoms with Gasteiger partial charge in [0.25, 0.3) is 0 Å². The van der Waals surface area contributed by atoms with E-state index in [0.717, 1.165) is 11.0 Å². The van der Waals surface area contributed by atoms with E-state index < -0.39 is 5.92 Å². The van der Waals surface area contributed by atoms with Crippen LogP contribution < -0.4 is 5.32 Å². The largest absolute Gasteiger partial charge is 0.326 e. The van der Waals surface area contributed by atoms with Gasteiger partial charge in [0.1, 0.15) is 5.82 Å². The maximum atomic E-state index is 12.6. The molecule has 2 heterocycles. The van der Waals surface area contributed by atoms with Crippen molar-refractivity contribution in [2.24, 2.45) is 0 Å². The Balaban J connectivity index is 1.74. The molecule has 3 aromatic rings. The zero-order valence-corrected chi connectivity index (χ0v) is 12.4. The number of fused-ring (bicyclic) bond motifs is 3. The number of amides is 1. The maximum absolute atomic E-state index is 12.6. The molecule has 0 radical (unpaired) electrons. The number of anilines is 1. The Morgan fingerprint density at radius 3 is 2.65 bits per heavy atom. The summed E-state index contributed by atoms with van der Waals surface area (Å²) in [4.78, 5) is 29.5. The van der Waals surface area contributed by atoms with Crippen LogP contribution in [-0.4, -0.2) is 21.2 Å². The molecule has 0 bridgehead atoms. The van der Waals surface area contributed by atoms with Gasteiger partial charge in [0, 0.05) is 18.7 Å². The maximum Gasteiger partial charge on any atom is 0.242 e. The van der Waals surface area contributed by atoms with Crippen LogP contribution in [0.3, 0.4) is 0 Å². The van der Waals surface area contributed by atoms with Crippen LogP contribution in [0.2, 0.25) is 0 Å². The van der Waals surface area contributed by atoms with Crippen molar-refractivity contribution in [2.75, 3.05) is 5.32 Å². The second kappa shape index (κ2) is 5.35. The first-order chi connectivity index (χ1) is 11.2. The zero-order chi connectivity index (χ0) is 15.8. The number of nitrogens with one attached hydrogen (secondary N) is 1. The lowest BCUT2D eigenvalue weighted by molar-refractivity contribution is -0.128. The highest BCUT2D eigenvalue weighted by atomic mass is 16.2. The molecule has 5 heteroatoms. The minimum absolute atomic E-state index is 0.0822. The molecule has 0 aliphatic carbocycles. The molecule has 2 aromatic carbocycles. The molecule has 1 atom stereocenters. The van der Waals surface area contributed by atoms with Crippen LogP contribution in [0.5, 0.6) is 0 Å². The van der Waals surface area contributed by atoms with Crippen molar-refractivity contribution in [3.8, 4) is 0 Å². The van der Waals surface area contributed by atoms with Gasteiger partial charge in [0.15, 0.2) is 11.7 Å². The molecule has 4 rings (SSSR count). The lowest BCUT2D eigenvalue weighted by atomic mass is 9.96. The lowest BCUT2D eigenvalue weighted by Crippen LogP contribution is -2.34. The van der Waals surface area contributed by atoms with E-state index in [1.54, 1.807) is 12.1 Å². The van der Waals surface area contributed by atoms with Gasteiger partial charge in [0.05, 0.1) is 11.0 Å². The van der Waals surface area contributed by atoms with Crippen LogP contribution in [0, 0.1) is 0 Å². The molecule has 0 saturated heterocycles. The smallest absolute Gasteiger partial charge is 0.242 e. The lowest BCUT2D eigenvalue weighted by Gasteiger charge is -2.22. The number of Topliss-reactive ketones (excluding diaryl/α,β-unsaturated/α-hetero) is 1. The SMILES string of the molecule is O=C1CCn2c(nc3ccccc32)C1C(=O)Nc1ccccc1. The summed E-state index contributed by atoms with van der Waals surface area (Å²) in [5.41, 5.74) is 2.46. The molecular weight excluding hydrogens is 290 g/mol. The third-order valence-corrected chi connectivity index (χ3v) is 4.15. The number of ketones is 1. The number of para-hydroxylation sites is 3. The Labute approximate surface area is 133 Å². The fourth-order valence-electron chi connectivity index (χ4n) is 3.06. The Morgan fingerprint density at radius 2 is 1.83 bits per heavy atom. The van der Waals surface area contributed by atoms with Gasteiger partial charge < -0.3 is 9.88 Å². The van der Waals surface area contributed by atoms with Crippen molar-refractivity contribution >= 4 is 28.4 Å². The van der Waals surface area contributed by atoms with Gasteiger partial charge in [-0.2, -0.15) is 0 Å². The van der Waals surface area contributed by atoms with E-state index in [0.29, 0.717) is 24.5 Å². The molecule has 23 heavy (non-hydrogen) atoms. The van der Waals surface area contributed by atoms with E-state index in [1.165, 1.54) is 0 Å². The highest BCUT2D eigenvalue weighted by molar-refractivity contribution is 6.12. The third-order valence-electron chi connectivity index (χ3n) is 4.15. The molecule has 1 amide bonds. The van der Waals surface area contributed by atoms with E-state index in [4.69, 9.17) is 0 Å². The number of imidazole rings is 1. The predicted molar refractivity (Wildman–Crippen MR) is 87.2 cm³/mol. The molecule has 114 valence electrons. The Kier molecular flexibility index (Phi) is 3.19. The van der Waals surface area contributed by atoms with Crippen LogP contribution in [-0.2, 0) is 16.1 Å². The van der Waals surface area contributed by atoms with E-state index in [1.807, 2.05) is 47.0 Å². The number of hydrogen-bond donors (Lipinski definition) is 1. The Bertz CT molecular complexity index is 899. The number of benzene rings is 2. The standard InChI is InChI=1S/C18H15N3O2/c22-15-10-11-21-14-9-5-4-8-13(14)20-17(21)16(15)18(23)19-12-6-2-1-3-7-12/h1-9,16H,10-11H2,(H,19,23). The topological polar surface area (TPSA) is 64.0 Å². The summed E-state index contributed by atoms with van der Waals surface area (Å²) in [6.45, 7) is 0.573. The Hall–Kier alpha value is -2.95. The van der Waals surface area contributed by atoms with Gasteiger partial charge in [-0.25, -0.2) is 4.98 Å². The zero-order valence-electron chi connectivity index (χ0n) is 12.4. The fourth-order valence-corrected chi connectivity index (χ4v) is 3.06. The molecule has 1 unspecified atom stereocenters. The number of aromatic nitrogens is 2. The highest BCUT2D eigenvalue weighted by Crippen LogP contribution is 2.29. The van der Waals surface area contributed by atoms with Gasteiger partial charge >= 0.3 is 0 Å². The van der Waals surface area contributed by atoms with E-state index in [9.17, 15) is 9.59 Å². The normalized spacial score (nSPS) is 17.0. The first-order valence-electron chi connectivity index (χ1n) is 7.58. The molecule has 0 saturated carbocycles. The average Bonchev–Trinajstić information content (AvgIpc) is 2.93. The fraction of sp³-hybridized carbons (Fsp3) is 0.167. The average molecular weight is 305 g/mol.